The van der Waals surface area contributed by atoms with Crippen LogP contribution < -0.4 is 10.6 Å². The van der Waals surface area contributed by atoms with E-state index in [1.807, 2.05) is 12.1 Å². The molecule has 0 aliphatic carbocycles. The van der Waals surface area contributed by atoms with Crippen LogP contribution in [0.5, 0.6) is 0 Å². The molecule has 0 atom stereocenters. The van der Waals surface area contributed by atoms with E-state index in [9.17, 15) is 0 Å². The fraction of sp³-hybridized carbons (Fsp3) is 0.364. The summed E-state index contributed by atoms with van der Waals surface area (Å²) in [6, 6.07) is 8.22. The number of hydrogen-bond acceptors (Lipinski definition) is 3. The van der Waals surface area contributed by atoms with Crippen molar-refractivity contribution in [3.8, 4) is 0 Å². The number of nitrogens with one attached hydrogen (secondary N) is 2. The average Bonchev–Trinajstić information content (AvgIpc) is 2.23. The minimum absolute atomic E-state index is 0.894. The van der Waals surface area contributed by atoms with Crippen molar-refractivity contribution in [1.82, 2.24) is 5.32 Å². The Morgan fingerprint density at radius 3 is 2.93 bits per heavy atom. The van der Waals surface area contributed by atoms with E-state index in [0.29, 0.717) is 0 Å². The topological polar surface area (TPSA) is 36.4 Å². The minimum atomic E-state index is 0.894. The Morgan fingerprint density at radius 2 is 2.21 bits per heavy atom. The van der Waals surface area contributed by atoms with Gasteiger partial charge in [-0.25, -0.2) is 0 Å². The maximum absolute atomic E-state index is 4.36. The molecule has 1 aromatic carbocycles. The molecule has 0 unspecified atom stereocenters. The van der Waals surface area contributed by atoms with Gasteiger partial charge in [-0.05, 0) is 25.0 Å². The normalized spacial score (nSPS) is 15.6. The first-order valence-electron chi connectivity index (χ1n) is 4.97. The summed E-state index contributed by atoms with van der Waals surface area (Å²) >= 11 is 0. The molecule has 2 rings (SSSR count). The smallest absolute Gasteiger partial charge is 0.195 e. The molecule has 14 heavy (non-hydrogen) atoms. The second-order valence-electron chi connectivity index (χ2n) is 3.45. The molecule has 2 N–H and O–H groups in total. The van der Waals surface area contributed by atoms with Gasteiger partial charge < -0.3 is 10.6 Å². The van der Waals surface area contributed by atoms with Crippen LogP contribution in [0, 0.1) is 6.92 Å². The lowest BCUT2D eigenvalue weighted by atomic mass is 10.2. The van der Waals surface area contributed by atoms with Crippen LogP contribution in [0.15, 0.2) is 29.3 Å². The van der Waals surface area contributed by atoms with Crippen molar-refractivity contribution in [2.75, 3.05) is 18.4 Å². The summed E-state index contributed by atoms with van der Waals surface area (Å²) in [5.41, 5.74) is 2.36. The number of aryl methyl sites for hydroxylation is 1. The highest BCUT2D eigenvalue weighted by molar-refractivity contribution is 5.94. The maximum Gasteiger partial charge on any atom is 0.195 e. The van der Waals surface area contributed by atoms with E-state index >= 15 is 0 Å². The summed E-state index contributed by atoms with van der Waals surface area (Å²) in [5, 5.41) is 6.52. The Balaban J connectivity index is 2.10. The van der Waals surface area contributed by atoms with Gasteiger partial charge in [0.15, 0.2) is 5.96 Å². The number of anilines is 1. The predicted molar refractivity (Wildman–Crippen MR) is 59.7 cm³/mol. The number of para-hydroxylation sites is 1. The molecule has 0 bridgehead atoms. The molecular formula is C11H15N3. The number of benzene rings is 1. The van der Waals surface area contributed by atoms with Gasteiger partial charge in [-0.1, -0.05) is 18.2 Å². The highest BCUT2D eigenvalue weighted by atomic mass is 15.2. The lowest BCUT2D eigenvalue weighted by Crippen LogP contribution is -2.35. The van der Waals surface area contributed by atoms with Gasteiger partial charge in [-0.15, -0.1) is 0 Å². The van der Waals surface area contributed by atoms with E-state index in [4.69, 9.17) is 0 Å². The Morgan fingerprint density at radius 1 is 1.36 bits per heavy atom. The molecule has 1 aliphatic heterocycles. The third-order valence-electron chi connectivity index (χ3n) is 2.30. The van der Waals surface area contributed by atoms with Gasteiger partial charge in [0.1, 0.15) is 0 Å². The van der Waals surface area contributed by atoms with E-state index in [2.05, 4.69) is 34.7 Å². The van der Waals surface area contributed by atoms with Crippen LogP contribution in [0.2, 0.25) is 0 Å². The largest absolute Gasteiger partial charge is 0.356 e. The van der Waals surface area contributed by atoms with Crippen molar-refractivity contribution in [2.24, 2.45) is 4.99 Å². The van der Waals surface area contributed by atoms with Crippen LogP contribution in [-0.4, -0.2) is 19.0 Å². The highest BCUT2D eigenvalue weighted by Gasteiger charge is 2.04. The van der Waals surface area contributed by atoms with Crippen LogP contribution in [0.3, 0.4) is 0 Å². The first-order chi connectivity index (χ1) is 6.86. The van der Waals surface area contributed by atoms with Gasteiger partial charge in [0.05, 0.1) is 0 Å². The third-order valence-corrected chi connectivity index (χ3v) is 2.30. The Labute approximate surface area is 84.2 Å². The van der Waals surface area contributed by atoms with Gasteiger partial charge in [-0.3, -0.25) is 4.99 Å². The summed E-state index contributed by atoms with van der Waals surface area (Å²) in [7, 11) is 0. The molecule has 0 fully saturated rings. The number of nitrogens with zero attached hydrogens (tertiary/aromatic N) is 1. The second-order valence-corrected chi connectivity index (χ2v) is 3.45. The number of guanidine groups is 1. The van der Waals surface area contributed by atoms with Crippen molar-refractivity contribution in [2.45, 2.75) is 13.3 Å². The van der Waals surface area contributed by atoms with Crippen LogP contribution in [0.1, 0.15) is 12.0 Å². The molecule has 0 saturated carbocycles. The fourth-order valence-corrected chi connectivity index (χ4v) is 1.46. The van der Waals surface area contributed by atoms with Gasteiger partial charge in [0.25, 0.3) is 0 Å². The molecule has 3 heteroatoms. The lowest BCUT2D eigenvalue weighted by Gasteiger charge is -2.17. The molecule has 0 radical (unpaired) electrons. The minimum Gasteiger partial charge on any atom is -0.356 e. The Kier molecular flexibility index (Phi) is 2.68. The molecule has 3 nitrogen and oxygen atoms in total. The van der Waals surface area contributed by atoms with Crippen LogP contribution in [0.4, 0.5) is 5.69 Å². The molecular weight excluding hydrogens is 174 g/mol. The quantitative estimate of drug-likeness (QED) is 0.706. The van der Waals surface area contributed by atoms with Crippen molar-refractivity contribution >= 4 is 11.6 Å². The molecule has 0 amide bonds. The highest BCUT2D eigenvalue weighted by Crippen LogP contribution is 2.12. The molecule has 0 spiro atoms. The molecule has 1 heterocycles. The zero-order valence-corrected chi connectivity index (χ0v) is 8.38. The van der Waals surface area contributed by atoms with Crippen molar-refractivity contribution in [3.63, 3.8) is 0 Å². The third kappa shape index (κ3) is 2.05. The number of hydrogen-bond donors (Lipinski definition) is 2. The van der Waals surface area contributed by atoms with E-state index in [1.165, 1.54) is 5.56 Å². The second kappa shape index (κ2) is 4.13. The zero-order valence-electron chi connectivity index (χ0n) is 8.38. The Bertz CT molecular complexity index is 344. The number of aliphatic imine (C=N–C) groups is 1. The zero-order chi connectivity index (χ0) is 9.80. The predicted octanol–water partition coefficient (Wildman–Crippen LogP) is 1.76. The van der Waals surface area contributed by atoms with E-state index < -0.39 is 0 Å². The van der Waals surface area contributed by atoms with Crippen molar-refractivity contribution in [3.05, 3.63) is 29.8 Å². The first kappa shape index (κ1) is 9.06. The molecule has 0 saturated heterocycles. The summed E-state index contributed by atoms with van der Waals surface area (Å²) < 4.78 is 0. The van der Waals surface area contributed by atoms with E-state index in [1.54, 1.807) is 0 Å². The average molecular weight is 189 g/mol. The fourth-order valence-electron chi connectivity index (χ4n) is 1.46. The van der Waals surface area contributed by atoms with Gasteiger partial charge in [0.2, 0.25) is 0 Å². The van der Waals surface area contributed by atoms with Gasteiger partial charge in [0, 0.05) is 18.8 Å². The molecule has 74 valence electrons. The first-order valence-corrected chi connectivity index (χ1v) is 4.97. The summed E-state index contributed by atoms with van der Waals surface area (Å²) in [6.07, 6.45) is 1.12. The summed E-state index contributed by atoms with van der Waals surface area (Å²) in [5.74, 6) is 0.894. The van der Waals surface area contributed by atoms with Crippen LogP contribution in [0.25, 0.3) is 0 Å². The van der Waals surface area contributed by atoms with E-state index in [0.717, 1.165) is 31.2 Å². The van der Waals surface area contributed by atoms with Crippen LogP contribution >= 0.6 is 0 Å². The molecule has 0 aromatic heterocycles. The summed E-state index contributed by atoms with van der Waals surface area (Å²) in [4.78, 5) is 4.36. The molecule has 1 aromatic rings. The molecule has 1 aliphatic rings. The summed E-state index contributed by atoms with van der Waals surface area (Å²) in [6.45, 7) is 4.02. The number of rotatable bonds is 1. The van der Waals surface area contributed by atoms with Crippen LogP contribution in [-0.2, 0) is 0 Å². The van der Waals surface area contributed by atoms with Crippen molar-refractivity contribution < 1.29 is 0 Å². The monoisotopic (exact) mass is 189 g/mol. The Hall–Kier alpha value is -1.51. The lowest BCUT2D eigenvalue weighted by molar-refractivity contribution is 0.740. The van der Waals surface area contributed by atoms with Gasteiger partial charge in [-0.2, -0.15) is 0 Å². The maximum atomic E-state index is 4.36. The van der Waals surface area contributed by atoms with Crippen molar-refractivity contribution in [1.29, 1.82) is 0 Å². The SMILES string of the molecule is Cc1ccccc1NC1=NCCCN1. The van der Waals surface area contributed by atoms with E-state index in [-0.39, 0.29) is 0 Å². The standard InChI is InChI=1S/C11H15N3/c1-9-5-2-3-6-10(9)14-11-12-7-4-8-13-11/h2-3,5-6H,4,7-8H2,1H3,(H2,12,13,14). The van der Waals surface area contributed by atoms with Gasteiger partial charge >= 0.3 is 0 Å².